The normalized spacial score (nSPS) is 25.7. The lowest BCUT2D eigenvalue weighted by Crippen LogP contribution is -2.42. The zero-order chi connectivity index (χ0) is 13.7. The Morgan fingerprint density at radius 1 is 1.47 bits per heavy atom. The Kier molecular flexibility index (Phi) is 5.43. The number of furan rings is 1. The van der Waals surface area contributed by atoms with Crippen LogP contribution in [0.15, 0.2) is 22.8 Å². The molecule has 3 atom stereocenters. The second-order valence-electron chi connectivity index (χ2n) is 5.53. The van der Waals surface area contributed by atoms with E-state index in [1.807, 2.05) is 12.1 Å². The summed E-state index contributed by atoms with van der Waals surface area (Å²) in [4.78, 5) is 2.20. The van der Waals surface area contributed by atoms with Crippen LogP contribution in [-0.4, -0.2) is 44.3 Å². The average molecular weight is 266 g/mol. The Labute approximate surface area is 116 Å². The van der Waals surface area contributed by atoms with Crippen LogP contribution in [0.5, 0.6) is 0 Å². The zero-order valence-electron chi connectivity index (χ0n) is 12.3. The van der Waals surface area contributed by atoms with Crippen molar-refractivity contribution in [3.63, 3.8) is 0 Å². The van der Waals surface area contributed by atoms with Crippen molar-refractivity contribution in [3.8, 4) is 0 Å². The van der Waals surface area contributed by atoms with Gasteiger partial charge in [-0.1, -0.05) is 6.92 Å². The molecular formula is C15H26N2O2. The fourth-order valence-electron chi connectivity index (χ4n) is 2.65. The highest BCUT2D eigenvalue weighted by molar-refractivity contribution is 5.05. The molecule has 1 aliphatic heterocycles. The monoisotopic (exact) mass is 266 g/mol. The number of likely N-dealkylation sites (N-methyl/N-ethyl adjacent to an activating group) is 1. The summed E-state index contributed by atoms with van der Waals surface area (Å²) < 4.78 is 11.2. The fraction of sp³-hybridized carbons (Fsp3) is 0.733. The molecule has 4 heteroatoms. The Morgan fingerprint density at radius 3 is 2.95 bits per heavy atom. The Balaban J connectivity index is 1.85. The molecule has 1 aromatic rings. The molecule has 0 aliphatic carbocycles. The van der Waals surface area contributed by atoms with E-state index in [4.69, 9.17) is 9.15 Å². The van der Waals surface area contributed by atoms with E-state index in [9.17, 15) is 0 Å². The molecule has 1 aliphatic rings. The Morgan fingerprint density at radius 2 is 2.32 bits per heavy atom. The van der Waals surface area contributed by atoms with Gasteiger partial charge in [0.05, 0.1) is 18.4 Å². The van der Waals surface area contributed by atoms with Gasteiger partial charge in [-0.05, 0) is 45.5 Å². The number of nitrogens with zero attached hydrogens (tertiary/aromatic N) is 1. The summed E-state index contributed by atoms with van der Waals surface area (Å²) in [7, 11) is 4.18. The van der Waals surface area contributed by atoms with Crippen LogP contribution in [-0.2, 0) is 4.74 Å². The largest absolute Gasteiger partial charge is 0.468 e. The number of ether oxygens (including phenoxy) is 1. The summed E-state index contributed by atoms with van der Waals surface area (Å²) >= 11 is 0. The Hall–Kier alpha value is -0.840. The molecule has 19 heavy (non-hydrogen) atoms. The van der Waals surface area contributed by atoms with Crippen molar-refractivity contribution in [2.45, 2.75) is 44.4 Å². The molecular weight excluding hydrogens is 240 g/mol. The van der Waals surface area contributed by atoms with Gasteiger partial charge in [-0.25, -0.2) is 0 Å². The summed E-state index contributed by atoms with van der Waals surface area (Å²) in [5.41, 5.74) is 0. The minimum absolute atomic E-state index is 0.290. The molecule has 1 N–H and O–H groups in total. The first-order chi connectivity index (χ1) is 9.20. The maximum Gasteiger partial charge on any atom is 0.122 e. The van der Waals surface area contributed by atoms with Crippen molar-refractivity contribution in [2.24, 2.45) is 0 Å². The van der Waals surface area contributed by atoms with Gasteiger partial charge in [0.2, 0.25) is 0 Å². The van der Waals surface area contributed by atoms with Crippen molar-refractivity contribution < 1.29 is 9.15 Å². The predicted molar refractivity (Wildman–Crippen MR) is 76.2 cm³/mol. The summed E-state index contributed by atoms with van der Waals surface area (Å²) in [6.07, 6.45) is 5.50. The zero-order valence-corrected chi connectivity index (χ0v) is 12.3. The first kappa shape index (κ1) is 14.6. The quantitative estimate of drug-likeness (QED) is 0.858. The number of hydrogen-bond donors (Lipinski definition) is 1. The fourth-order valence-corrected chi connectivity index (χ4v) is 2.65. The standard InChI is InChI=1S/C15H26N2O2/c1-4-13-10-12(7-9-18-13)16-11-14(17(2)3)15-6-5-8-19-15/h5-6,8,12-14,16H,4,7,9-11H2,1-3H3. The third-order valence-corrected chi connectivity index (χ3v) is 3.92. The van der Waals surface area contributed by atoms with Crippen LogP contribution < -0.4 is 5.32 Å². The lowest BCUT2D eigenvalue weighted by atomic mass is 10.0. The van der Waals surface area contributed by atoms with Gasteiger partial charge in [0.25, 0.3) is 0 Å². The SMILES string of the molecule is CCC1CC(NCC(c2ccco2)N(C)C)CCO1. The van der Waals surface area contributed by atoms with Crippen LogP contribution in [0.1, 0.15) is 38.0 Å². The minimum Gasteiger partial charge on any atom is -0.468 e. The van der Waals surface area contributed by atoms with Crippen molar-refractivity contribution in [2.75, 3.05) is 27.2 Å². The highest BCUT2D eigenvalue weighted by Gasteiger charge is 2.23. The molecule has 4 nitrogen and oxygen atoms in total. The first-order valence-corrected chi connectivity index (χ1v) is 7.25. The van der Waals surface area contributed by atoms with E-state index in [0.717, 1.165) is 38.2 Å². The van der Waals surface area contributed by atoms with Crippen molar-refractivity contribution >= 4 is 0 Å². The maximum absolute atomic E-state index is 5.71. The highest BCUT2D eigenvalue weighted by Crippen LogP contribution is 2.20. The van der Waals surface area contributed by atoms with E-state index < -0.39 is 0 Å². The first-order valence-electron chi connectivity index (χ1n) is 7.25. The molecule has 0 aromatic carbocycles. The van der Waals surface area contributed by atoms with Crippen LogP contribution in [0.25, 0.3) is 0 Å². The topological polar surface area (TPSA) is 37.6 Å². The van der Waals surface area contributed by atoms with Gasteiger partial charge in [-0.3, -0.25) is 4.90 Å². The third-order valence-electron chi connectivity index (χ3n) is 3.92. The van der Waals surface area contributed by atoms with E-state index in [2.05, 4.69) is 31.2 Å². The van der Waals surface area contributed by atoms with Crippen molar-refractivity contribution in [1.29, 1.82) is 0 Å². The molecule has 1 aromatic heterocycles. The minimum atomic E-state index is 0.290. The van der Waals surface area contributed by atoms with Gasteiger partial charge in [0.1, 0.15) is 5.76 Å². The molecule has 0 bridgehead atoms. The molecule has 1 fully saturated rings. The van der Waals surface area contributed by atoms with Crippen LogP contribution in [0, 0.1) is 0 Å². The molecule has 0 saturated carbocycles. The molecule has 108 valence electrons. The van der Waals surface area contributed by atoms with E-state index in [-0.39, 0.29) is 6.04 Å². The van der Waals surface area contributed by atoms with Gasteiger partial charge in [-0.2, -0.15) is 0 Å². The lowest BCUT2D eigenvalue weighted by molar-refractivity contribution is -0.00104. The van der Waals surface area contributed by atoms with Crippen LogP contribution in [0.4, 0.5) is 0 Å². The van der Waals surface area contributed by atoms with Crippen LogP contribution in [0.2, 0.25) is 0 Å². The molecule has 1 saturated heterocycles. The smallest absolute Gasteiger partial charge is 0.122 e. The molecule has 2 rings (SSSR count). The van der Waals surface area contributed by atoms with Crippen molar-refractivity contribution in [3.05, 3.63) is 24.2 Å². The van der Waals surface area contributed by atoms with Gasteiger partial charge in [0, 0.05) is 19.2 Å². The van der Waals surface area contributed by atoms with Gasteiger partial charge < -0.3 is 14.5 Å². The van der Waals surface area contributed by atoms with E-state index in [0.29, 0.717) is 12.1 Å². The summed E-state index contributed by atoms with van der Waals surface area (Å²) in [5.74, 6) is 1.02. The van der Waals surface area contributed by atoms with E-state index >= 15 is 0 Å². The molecule has 3 unspecified atom stereocenters. The molecule has 0 amide bonds. The predicted octanol–water partition coefficient (Wildman–Crippen LogP) is 2.43. The molecule has 0 radical (unpaired) electrons. The number of rotatable bonds is 6. The van der Waals surface area contributed by atoms with Crippen molar-refractivity contribution in [1.82, 2.24) is 10.2 Å². The van der Waals surface area contributed by atoms with Crippen LogP contribution >= 0.6 is 0 Å². The number of hydrogen-bond acceptors (Lipinski definition) is 4. The van der Waals surface area contributed by atoms with E-state index in [1.165, 1.54) is 0 Å². The molecule has 2 heterocycles. The van der Waals surface area contributed by atoms with Gasteiger partial charge in [-0.15, -0.1) is 0 Å². The van der Waals surface area contributed by atoms with E-state index in [1.54, 1.807) is 6.26 Å². The van der Waals surface area contributed by atoms with Gasteiger partial charge >= 0.3 is 0 Å². The highest BCUT2D eigenvalue weighted by atomic mass is 16.5. The summed E-state index contributed by atoms with van der Waals surface area (Å²) in [6.45, 7) is 3.99. The summed E-state index contributed by atoms with van der Waals surface area (Å²) in [6, 6.07) is 4.85. The summed E-state index contributed by atoms with van der Waals surface area (Å²) in [5, 5.41) is 3.67. The second-order valence-corrected chi connectivity index (χ2v) is 5.53. The Bertz CT molecular complexity index is 351. The third kappa shape index (κ3) is 4.06. The maximum atomic E-state index is 5.71. The molecule has 0 spiro atoms. The average Bonchev–Trinajstić information content (AvgIpc) is 2.93. The van der Waals surface area contributed by atoms with Crippen LogP contribution in [0.3, 0.4) is 0 Å². The van der Waals surface area contributed by atoms with Gasteiger partial charge in [0.15, 0.2) is 0 Å². The second kappa shape index (κ2) is 7.08. The number of nitrogens with one attached hydrogen (secondary N) is 1. The lowest BCUT2D eigenvalue weighted by Gasteiger charge is -2.31.